The van der Waals surface area contributed by atoms with E-state index in [-0.39, 0.29) is 6.04 Å². The molecule has 114 valence electrons. The maximum atomic E-state index is 6.29. The molecular weight excluding hydrogens is 368 g/mol. The van der Waals surface area contributed by atoms with Crippen LogP contribution in [0.25, 0.3) is 0 Å². The van der Waals surface area contributed by atoms with Crippen molar-refractivity contribution >= 4 is 38.9 Å². The smallest absolute Gasteiger partial charge is 0.0701 e. The van der Waals surface area contributed by atoms with Crippen molar-refractivity contribution in [3.05, 3.63) is 55.6 Å². The predicted molar refractivity (Wildman–Crippen MR) is 96.2 cm³/mol. The van der Waals surface area contributed by atoms with Gasteiger partial charge in [-0.2, -0.15) is 0 Å². The molecule has 0 saturated heterocycles. The van der Waals surface area contributed by atoms with Crippen molar-refractivity contribution in [2.24, 2.45) is 0 Å². The van der Waals surface area contributed by atoms with Gasteiger partial charge in [0.05, 0.1) is 3.79 Å². The molecule has 2 nitrogen and oxygen atoms in total. The zero-order valence-electron chi connectivity index (χ0n) is 12.3. The SMILES string of the molecule is CNC(CCN(C)Cc1csc(Br)c1)c1ccccc1Cl. The van der Waals surface area contributed by atoms with Crippen molar-refractivity contribution in [2.45, 2.75) is 19.0 Å². The molecule has 0 aliphatic heterocycles. The summed E-state index contributed by atoms with van der Waals surface area (Å²) in [4.78, 5) is 2.34. The average molecular weight is 388 g/mol. The third kappa shape index (κ3) is 5.08. The summed E-state index contributed by atoms with van der Waals surface area (Å²) in [6.45, 7) is 1.99. The standard InChI is InChI=1S/C16H20BrClN2S/c1-19-15(13-5-3-4-6-14(13)18)7-8-20(2)10-12-9-16(17)21-11-12/h3-6,9,11,15,19H,7-8,10H2,1-2H3. The van der Waals surface area contributed by atoms with Crippen LogP contribution < -0.4 is 5.32 Å². The van der Waals surface area contributed by atoms with E-state index in [4.69, 9.17) is 11.6 Å². The minimum Gasteiger partial charge on any atom is -0.313 e. The third-order valence-corrected chi connectivity index (χ3v) is 5.40. The highest BCUT2D eigenvalue weighted by atomic mass is 79.9. The molecule has 5 heteroatoms. The molecule has 0 radical (unpaired) electrons. The summed E-state index contributed by atoms with van der Waals surface area (Å²) in [5.41, 5.74) is 2.53. The predicted octanol–water partition coefficient (Wildman–Crippen LogP) is 4.95. The van der Waals surface area contributed by atoms with E-state index in [2.05, 4.69) is 50.7 Å². The Kier molecular flexibility index (Phi) is 6.71. The highest BCUT2D eigenvalue weighted by molar-refractivity contribution is 9.11. The lowest BCUT2D eigenvalue weighted by Crippen LogP contribution is -2.25. The molecule has 0 saturated carbocycles. The number of hydrogen-bond acceptors (Lipinski definition) is 3. The highest BCUT2D eigenvalue weighted by Gasteiger charge is 2.13. The van der Waals surface area contributed by atoms with Crippen molar-refractivity contribution in [3.63, 3.8) is 0 Å². The molecule has 1 unspecified atom stereocenters. The molecule has 1 heterocycles. The maximum absolute atomic E-state index is 6.29. The first-order valence-corrected chi connectivity index (χ1v) is 8.98. The Hall–Kier alpha value is -0.390. The number of benzene rings is 1. The topological polar surface area (TPSA) is 15.3 Å². The van der Waals surface area contributed by atoms with Crippen LogP contribution in [-0.4, -0.2) is 25.5 Å². The molecule has 1 N–H and O–H groups in total. The Bertz CT molecular complexity index is 573. The van der Waals surface area contributed by atoms with E-state index in [0.29, 0.717) is 0 Å². The number of halogens is 2. The first-order valence-electron chi connectivity index (χ1n) is 6.93. The van der Waals surface area contributed by atoms with Gasteiger partial charge in [-0.25, -0.2) is 0 Å². The van der Waals surface area contributed by atoms with Crippen LogP contribution in [0.5, 0.6) is 0 Å². The molecular formula is C16H20BrClN2S. The number of rotatable bonds is 7. The summed E-state index contributed by atoms with van der Waals surface area (Å²) in [6.07, 6.45) is 1.03. The Labute approximate surface area is 144 Å². The maximum Gasteiger partial charge on any atom is 0.0701 e. The lowest BCUT2D eigenvalue weighted by Gasteiger charge is -2.22. The molecule has 0 aliphatic carbocycles. The Morgan fingerprint density at radius 3 is 2.76 bits per heavy atom. The summed E-state index contributed by atoms with van der Waals surface area (Å²) in [5, 5.41) is 6.40. The fraction of sp³-hybridized carbons (Fsp3) is 0.375. The van der Waals surface area contributed by atoms with Gasteiger partial charge in [-0.05, 0) is 71.6 Å². The van der Waals surface area contributed by atoms with Crippen molar-refractivity contribution in [2.75, 3.05) is 20.6 Å². The lowest BCUT2D eigenvalue weighted by atomic mass is 10.0. The van der Waals surface area contributed by atoms with Crippen LogP contribution in [0.4, 0.5) is 0 Å². The van der Waals surface area contributed by atoms with E-state index < -0.39 is 0 Å². The molecule has 1 aromatic carbocycles. The van der Waals surface area contributed by atoms with Crippen LogP contribution in [0, 0.1) is 0 Å². The minimum absolute atomic E-state index is 0.287. The molecule has 0 amide bonds. The van der Waals surface area contributed by atoms with E-state index in [0.717, 1.165) is 24.5 Å². The lowest BCUT2D eigenvalue weighted by molar-refractivity contribution is 0.304. The van der Waals surface area contributed by atoms with Crippen LogP contribution in [-0.2, 0) is 6.54 Å². The fourth-order valence-electron chi connectivity index (χ4n) is 2.38. The molecule has 2 aromatic rings. The third-order valence-electron chi connectivity index (χ3n) is 3.50. The van der Waals surface area contributed by atoms with Gasteiger partial charge >= 0.3 is 0 Å². The fourth-order valence-corrected chi connectivity index (χ4v) is 3.85. The monoisotopic (exact) mass is 386 g/mol. The van der Waals surface area contributed by atoms with Crippen molar-refractivity contribution in [3.8, 4) is 0 Å². The van der Waals surface area contributed by atoms with Gasteiger partial charge in [-0.3, -0.25) is 0 Å². The van der Waals surface area contributed by atoms with Crippen molar-refractivity contribution < 1.29 is 0 Å². The molecule has 21 heavy (non-hydrogen) atoms. The normalized spacial score (nSPS) is 12.8. The number of hydrogen-bond donors (Lipinski definition) is 1. The van der Waals surface area contributed by atoms with Crippen LogP contribution in [0.1, 0.15) is 23.6 Å². The Balaban J connectivity index is 1.89. The van der Waals surface area contributed by atoms with Gasteiger partial charge < -0.3 is 10.2 Å². The molecule has 1 atom stereocenters. The summed E-state index contributed by atoms with van der Waals surface area (Å²) < 4.78 is 1.19. The quantitative estimate of drug-likeness (QED) is 0.723. The molecule has 1 aromatic heterocycles. The van der Waals surface area contributed by atoms with Crippen molar-refractivity contribution in [1.29, 1.82) is 0 Å². The van der Waals surface area contributed by atoms with Gasteiger partial charge in [0.1, 0.15) is 0 Å². The second kappa shape index (κ2) is 8.30. The van der Waals surface area contributed by atoms with Gasteiger partial charge in [0.2, 0.25) is 0 Å². The van der Waals surface area contributed by atoms with Gasteiger partial charge in [-0.1, -0.05) is 29.8 Å². The highest BCUT2D eigenvalue weighted by Crippen LogP contribution is 2.25. The van der Waals surface area contributed by atoms with Crippen LogP contribution in [0.2, 0.25) is 5.02 Å². The summed E-state index contributed by atoms with van der Waals surface area (Å²) in [7, 11) is 4.15. The molecule has 0 spiro atoms. The molecule has 2 rings (SSSR count). The summed E-state index contributed by atoms with van der Waals surface area (Å²) >= 11 is 11.5. The second-order valence-electron chi connectivity index (χ2n) is 5.15. The van der Waals surface area contributed by atoms with Gasteiger partial charge in [0.15, 0.2) is 0 Å². The summed E-state index contributed by atoms with van der Waals surface area (Å²) in [5.74, 6) is 0. The largest absolute Gasteiger partial charge is 0.313 e. The number of thiophene rings is 1. The number of nitrogens with one attached hydrogen (secondary N) is 1. The number of nitrogens with zero attached hydrogens (tertiary/aromatic N) is 1. The first kappa shape index (κ1) is 17.0. The van der Waals surface area contributed by atoms with Gasteiger partial charge in [-0.15, -0.1) is 11.3 Å². The van der Waals surface area contributed by atoms with Crippen molar-refractivity contribution in [1.82, 2.24) is 10.2 Å². The van der Waals surface area contributed by atoms with E-state index in [1.807, 2.05) is 25.2 Å². The molecule has 0 aliphatic rings. The van der Waals surface area contributed by atoms with E-state index in [1.54, 1.807) is 11.3 Å². The average Bonchev–Trinajstić information content (AvgIpc) is 2.86. The first-order chi connectivity index (χ1) is 10.1. The molecule has 0 bridgehead atoms. The van der Waals surface area contributed by atoms with Crippen LogP contribution in [0.15, 0.2) is 39.5 Å². The Morgan fingerprint density at radius 1 is 1.38 bits per heavy atom. The van der Waals surface area contributed by atoms with Gasteiger partial charge in [0.25, 0.3) is 0 Å². The van der Waals surface area contributed by atoms with E-state index >= 15 is 0 Å². The minimum atomic E-state index is 0.287. The zero-order valence-corrected chi connectivity index (χ0v) is 15.4. The second-order valence-corrected chi connectivity index (χ2v) is 7.85. The van der Waals surface area contributed by atoms with E-state index in [1.165, 1.54) is 14.9 Å². The molecule has 0 fully saturated rings. The van der Waals surface area contributed by atoms with Crippen LogP contribution >= 0.6 is 38.9 Å². The van der Waals surface area contributed by atoms with Crippen LogP contribution in [0.3, 0.4) is 0 Å². The van der Waals surface area contributed by atoms with E-state index in [9.17, 15) is 0 Å². The zero-order chi connectivity index (χ0) is 15.2. The summed E-state index contributed by atoms with van der Waals surface area (Å²) in [6, 6.07) is 10.5. The Morgan fingerprint density at radius 2 is 2.14 bits per heavy atom. The van der Waals surface area contributed by atoms with Gasteiger partial charge in [0, 0.05) is 17.6 Å².